The topological polar surface area (TPSA) is 104 Å². The van der Waals surface area contributed by atoms with Gasteiger partial charge in [0, 0.05) is 0 Å². The Hall–Kier alpha value is -2.53. The number of hydrogen-bond acceptors (Lipinski definition) is 7. The van der Waals surface area contributed by atoms with Gasteiger partial charge in [0.1, 0.15) is 17.3 Å². The molecular formula is C9H4N6OS. The van der Waals surface area contributed by atoms with Crippen LogP contribution in [0.3, 0.4) is 0 Å². The second kappa shape index (κ2) is 3.80. The van der Waals surface area contributed by atoms with Crippen molar-refractivity contribution in [1.29, 1.82) is 5.26 Å². The molecule has 3 heterocycles. The Labute approximate surface area is 98.7 Å². The first-order valence-electron chi connectivity index (χ1n) is 4.56. The standard InChI is InChI=1S/C9H4N6OS/c10-3-5-1-2-6(17-5)9-13-8(15-16-9)7-11-4-12-14-7/h1-2,4H,(H,11,12,14). The molecule has 0 radical (unpaired) electrons. The Morgan fingerprint density at radius 3 is 3.06 bits per heavy atom. The second-order valence-corrected chi connectivity index (χ2v) is 4.12. The summed E-state index contributed by atoms with van der Waals surface area (Å²) in [7, 11) is 0. The van der Waals surface area contributed by atoms with Crippen LogP contribution in [0.25, 0.3) is 22.4 Å². The lowest BCUT2D eigenvalue weighted by Crippen LogP contribution is -1.82. The normalized spacial score (nSPS) is 10.3. The molecule has 0 spiro atoms. The number of nitriles is 1. The molecular weight excluding hydrogens is 240 g/mol. The molecule has 3 aromatic rings. The first-order chi connectivity index (χ1) is 8.36. The average molecular weight is 244 g/mol. The Kier molecular flexibility index (Phi) is 2.16. The van der Waals surface area contributed by atoms with E-state index in [-0.39, 0.29) is 0 Å². The van der Waals surface area contributed by atoms with E-state index in [0.29, 0.717) is 22.4 Å². The molecule has 0 fully saturated rings. The number of hydrogen-bond donors (Lipinski definition) is 1. The molecule has 0 saturated heterocycles. The molecule has 3 rings (SSSR count). The Morgan fingerprint density at radius 2 is 2.35 bits per heavy atom. The van der Waals surface area contributed by atoms with Gasteiger partial charge in [0.05, 0.1) is 4.88 Å². The van der Waals surface area contributed by atoms with Gasteiger partial charge in [0.2, 0.25) is 5.82 Å². The number of thiophene rings is 1. The number of rotatable bonds is 2. The fourth-order valence-electron chi connectivity index (χ4n) is 1.25. The third kappa shape index (κ3) is 1.68. The summed E-state index contributed by atoms with van der Waals surface area (Å²) in [5, 5.41) is 18.8. The monoisotopic (exact) mass is 244 g/mol. The molecule has 0 amide bonds. The SMILES string of the molecule is N#Cc1ccc(-c2nc(-c3ncn[nH]3)no2)s1. The van der Waals surface area contributed by atoms with E-state index in [1.165, 1.54) is 17.7 Å². The molecule has 0 aliphatic heterocycles. The largest absolute Gasteiger partial charge is 0.333 e. The number of aromatic nitrogens is 5. The van der Waals surface area contributed by atoms with Crippen LogP contribution in [0.2, 0.25) is 0 Å². The summed E-state index contributed by atoms with van der Waals surface area (Å²) in [4.78, 5) is 9.42. The lowest BCUT2D eigenvalue weighted by atomic mass is 10.4. The van der Waals surface area contributed by atoms with Gasteiger partial charge in [-0.25, -0.2) is 4.98 Å². The lowest BCUT2D eigenvalue weighted by molar-refractivity contribution is 0.433. The zero-order valence-corrected chi connectivity index (χ0v) is 9.10. The molecule has 0 saturated carbocycles. The van der Waals surface area contributed by atoms with Gasteiger partial charge in [-0.3, -0.25) is 5.10 Å². The van der Waals surface area contributed by atoms with Crippen LogP contribution in [0.4, 0.5) is 0 Å². The number of nitrogens with zero attached hydrogens (tertiary/aromatic N) is 5. The van der Waals surface area contributed by atoms with E-state index in [1.54, 1.807) is 12.1 Å². The molecule has 0 unspecified atom stereocenters. The maximum Gasteiger partial charge on any atom is 0.268 e. The van der Waals surface area contributed by atoms with Gasteiger partial charge < -0.3 is 4.52 Å². The van der Waals surface area contributed by atoms with Crippen molar-refractivity contribution in [2.45, 2.75) is 0 Å². The first-order valence-corrected chi connectivity index (χ1v) is 5.38. The van der Waals surface area contributed by atoms with Gasteiger partial charge >= 0.3 is 0 Å². The highest BCUT2D eigenvalue weighted by Gasteiger charge is 2.14. The molecule has 3 aromatic heterocycles. The van der Waals surface area contributed by atoms with Gasteiger partial charge in [-0.15, -0.1) is 11.3 Å². The van der Waals surface area contributed by atoms with Crippen molar-refractivity contribution < 1.29 is 4.52 Å². The molecule has 0 atom stereocenters. The summed E-state index contributed by atoms with van der Waals surface area (Å²) in [5.74, 6) is 1.14. The molecule has 8 heteroatoms. The summed E-state index contributed by atoms with van der Waals surface area (Å²) < 4.78 is 5.08. The van der Waals surface area contributed by atoms with Gasteiger partial charge in [0.25, 0.3) is 5.89 Å². The number of H-pyrrole nitrogens is 1. The van der Waals surface area contributed by atoms with E-state index >= 15 is 0 Å². The van der Waals surface area contributed by atoms with E-state index < -0.39 is 0 Å². The Balaban J connectivity index is 1.98. The third-order valence-corrected chi connectivity index (χ3v) is 2.96. The van der Waals surface area contributed by atoms with Crippen LogP contribution in [0.1, 0.15) is 4.88 Å². The predicted molar refractivity (Wildman–Crippen MR) is 57.7 cm³/mol. The van der Waals surface area contributed by atoms with Gasteiger partial charge in [-0.2, -0.15) is 15.3 Å². The Morgan fingerprint density at radius 1 is 1.41 bits per heavy atom. The van der Waals surface area contributed by atoms with Crippen LogP contribution in [0.15, 0.2) is 23.0 Å². The number of nitrogens with one attached hydrogen (secondary N) is 1. The van der Waals surface area contributed by atoms with Gasteiger partial charge in [-0.1, -0.05) is 5.16 Å². The van der Waals surface area contributed by atoms with Crippen LogP contribution in [-0.2, 0) is 0 Å². The van der Waals surface area contributed by atoms with Crippen LogP contribution in [-0.4, -0.2) is 25.3 Å². The highest BCUT2D eigenvalue weighted by atomic mass is 32.1. The van der Waals surface area contributed by atoms with E-state index in [9.17, 15) is 0 Å². The molecule has 17 heavy (non-hydrogen) atoms. The van der Waals surface area contributed by atoms with Crippen molar-refractivity contribution in [3.8, 4) is 28.5 Å². The zero-order valence-electron chi connectivity index (χ0n) is 8.28. The molecule has 7 nitrogen and oxygen atoms in total. The smallest absolute Gasteiger partial charge is 0.268 e. The molecule has 82 valence electrons. The van der Waals surface area contributed by atoms with Crippen LogP contribution >= 0.6 is 11.3 Å². The molecule has 0 bridgehead atoms. The molecule has 0 aliphatic carbocycles. The molecule has 0 aliphatic rings. The Bertz CT molecular complexity index is 676. The van der Waals surface area contributed by atoms with E-state index in [0.717, 1.165) is 4.88 Å². The second-order valence-electron chi connectivity index (χ2n) is 3.03. The summed E-state index contributed by atoms with van der Waals surface area (Å²) in [6, 6.07) is 5.52. The van der Waals surface area contributed by atoms with Crippen molar-refractivity contribution >= 4 is 11.3 Å². The predicted octanol–water partition coefficient (Wildman–Crippen LogP) is 1.45. The summed E-state index contributed by atoms with van der Waals surface area (Å²) >= 11 is 1.29. The summed E-state index contributed by atoms with van der Waals surface area (Å²) in [6.07, 6.45) is 1.37. The van der Waals surface area contributed by atoms with Crippen molar-refractivity contribution in [3.05, 3.63) is 23.3 Å². The summed E-state index contributed by atoms with van der Waals surface area (Å²) in [6.45, 7) is 0. The maximum absolute atomic E-state index is 8.72. The lowest BCUT2D eigenvalue weighted by Gasteiger charge is -1.83. The highest BCUT2D eigenvalue weighted by molar-refractivity contribution is 7.15. The van der Waals surface area contributed by atoms with Crippen molar-refractivity contribution in [1.82, 2.24) is 25.3 Å². The fourth-order valence-corrected chi connectivity index (χ4v) is 1.97. The van der Waals surface area contributed by atoms with E-state index in [2.05, 4.69) is 31.4 Å². The minimum absolute atomic E-state index is 0.337. The maximum atomic E-state index is 8.72. The highest BCUT2D eigenvalue weighted by Crippen LogP contribution is 2.27. The zero-order chi connectivity index (χ0) is 11.7. The summed E-state index contributed by atoms with van der Waals surface area (Å²) in [5.41, 5.74) is 0. The number of aromatic amines is 1. The fraction of sp³-hybridized carbons (Fsp3) is 0. The van der Waals surface area contributed by atoms with Crippen LogP contribution in [0.5, 0.6) is 0 Å². The van der Waals surface area contributed by atoms with Crippen LogP contribution < -0.4 is 0 Å². The van der Waals surface area contributed by atoms with Gasteiger partial charge in [-0.05, 0) is 12.1 Å². The quantitative estimate of drug-likeness (QED) is 0.731. The molecule has 1 N–H and O–H groups in total. The average Bonchev–Trinajstić information content (AvgIpc) is 3.09. The minimum Gasteiger partial charge on any atom is -0.333 e. The van der Waals surface area contributed by atoms with Crippen molar-refractivity contribution in [2.24, 2.45) is 0 Å². The van der Waals surface area contributed by atoms with E-state index in [1.807, 2.05) is 0 Å². The third-order valence-electron chi connectivity index (χ3n) is 1.98. The van der Waals surface area contributed by atoms with Crippen molar-refractivity contribution in [2.75, 3.05) is 0 Å². The van der Waals surface area contributed by atoms with Crippen molar-refractivity contribution in [3.63, 3.8) is 0 Å². The first kappa shape index (κ1) is 9.68. The molecule has 0 aromatic carbocycles. The van der Waals surface area contributed by atoms with Crippen LogP contribution in [0, 0.1) is 11.3 Å². The van der Waals surface area contributed by atoms with Gasteiger partial charge in [0.15, 0.2) is 5.82 Å². The minimum atomic E-state index is 0.337. The van der Waals surface area contributed by atoms with E-state index in [4.69, 9.17) is 9.78 Å².